The Morgan fingerprint density at radius 2 is 1.61 bits per heavy atom. The summed E-state index contributed by atoms with van der Waals surface area (Å²) in [5, 5.41) is 0. The van der Waals surface area contributed by atoms with Gasteiger partial charge in [0.05, 0.1) is 19.1 Å². The molecule has 0 fully saturated rings. The van der Waals surface area contributed by atoms with Crippen molar-refractivity contribution in [2.45, 2.75) is 26.3 Å². The van der Waals surface area contributed by atoms with Crippen LogP contribution >= 0.6 is 0 Å². The Morgan fingerprint density at radius 3 is 2.18 bits per heavy atom. The molecule has 2 aromatic carbocycles. The molecule has 0 bridgehead atoms. The van der Waals surface area contributed by atoms with Gasteiger partial charge in [-0.15, -0.1) is 0 Å². The maximum absolute atomic E-state index is 14.4. The molecule has 9 heteroatoms. The van der Waals surface area contributed by atoms with Gasteiger partial charge in [-0.1, -0.05) is 18.2 Å². The molecule has 0 radical (unpaired) electrons. The first-order chi connectivity index (χ1) is 13.2. The molecule has 4 nitrogen and oxygen atoms in total. The smallest absolute Gasteiger partial charge is 0.308 e. The van der Waals surface area contributed by atoms with Crippen LogP contribution in [0.15, 0.2) is 18.2 Å². The third-order valence-electron chi connectivity index (χ3n) is 4.50. The van der Waals surface area contributed by atoms with E-state index in [1.54, 1.807) is 19.1 Å². The van der Waals surface area contributed by atoms with Crippen LogP contribution in [0.4, 0.5) is 27.6 Å². The van der Waals surface area contributed by atoms with E-state index in [9.17, 15) is 31.5 Å². The summed E-state index contributed by atoms with van der Waals surface area (Å²) in [5.41, 5.74) is -0.684. The SMILES string of the molecule is CCOC(=O)CC1c2cccc(C)c2C(=O)N1c1c(F)c(F)c(F)c(F)c1F. The first-order valence-electron chi connectivity index (χ1n) is 8.30. The number of benzene rings is 2. The van der Waals surface area contributed by atoms with Crippen LogP contribution in [0, 0.1) is 36.0 Å². The van der Waals surface area contributed by atoms with Crippen LogP contribution in [0.25, 0.3) is 0 Å². The second kappa shape index (κ2) is 7.21. The second-order valence-corrected chi connectivity index (χ2v) is 6.16. The Balaban J connectivity index is 2.24. The number of aryl methyl sites for hydroxylation is 1. The minimum absolute atomic E-state index is 0.0166. The Kier molecular flexibility index (Phi) is 5.10. The molecule has 1 heterocycles. The van der Waals surface area contributed by atoms with E-state index in [-0.39, 0.29) is 17.7 Å². The largest absolute Gasteiger partial charge is 0.466 e. The van der Waals surface area contributed by atoms with Gasteiger partial charge in [-0.05, 0) is 25.0 Å². The molecule has 3 rings (SSSR count). The van der Waals surface area contributed by atoms with Crippen molar-refractivity contribution in [1.29, 1.82) is 0 Å². The number of nitrogens with zero attached hydrogens (tertiary/aromatic N) is 1. The molecule has 1 atom stereocenters. The second-order valence-electron chi connectivity index (χ2n) is 6.16. The predicted molar refractivity (Wildman–Crippen MR) is 88.2 cm³/mol. The standard InChI is InChI=1S/C19H14F5NO3/c1-3-28-11(26)7-10-9-6-4-5-8(2)12(9)19(27)25(10)18-16(23)14(21)13(20)15(22)17(18)24/h4-6,10H,3,7H2,1-2H3. The van der Waals surface area contributed by atoms with Crippen LogP contribution in [0.1, 0.15) is 40.9 Å². The number of hydrogen-bond donors (Lipinski definition) is 0. The molecule has 148 valence electrons. The maximum Gasteiger partial charge on any atom is 0.308 e. The number of hydrogen-bond acceptors (Lipinski definition) is 3. The van der Waals surface area contributed by atoms with Gasteiger partial charge in [-0.2, -0.15) is 0 Å². The van der Waals surface area contributed by atoms with E-state index < -0.39 is 59.1 Å². The lowest BCUT2D eigenvalue weighted by Crippen LogP contribution is -2.32. The normalized spacial score (nSPS) is 15.8. The number of amides is 1. The number of halogens is 5. The number of ether oxygens (including phenoxy) is 1. The molecule has 0 aliphatic carbocycles. The highest BCUT2D eigenvalue weighted by Crippen LogP contribution is 2.44. The first kappa shape index (κ1) is 19.8. The molecule has 0 saturated heterocycles. The molecule has 28 heavy (non-hydrogen) atoms. The summed E-state index contributed by atoms with van der Waals surface area (Å²) < 4.78 is 74.4. The molecule has 0 saturated carbocycles. The summed E-state index contributed by atoms with van der Waals surface area (Å²) >= 11 is 0. The summed E-state index contributed by atoms with van der Waals surface area (Å²) in [6, 6.07) is 3.28. The highest BCUT2D eigenvalue weighted by Gasteiger charge is 2.44. The van der Waals surface area contributed by atoms with E-state index in [0.29, 0.717) is 10.5 Å². The summed E-state index contributed by atoms with van der Waals surface area (Å²) in [6.45, 7) is 3.11. The van der Waals surface area contributed by atoms with Crippen molar-refractivity contribution < 1.29 is 36.3 Å². The van der Waals surface area contributed by atoms with Crippen LogP contribution in [0.2, 0.25) is 0 Å². The van der Waals surface area contributed by atoms with Crippen LogP contribution < -0.4 is 4.90 Å². The lowest BCUT2D eigenvalue weighted by molar-refractivity contribution is -0.143. The van der Waals surface area contributed by atoms with E-state index in [1.807, 2.05) is 0 Å². The van der Waals surface area contributed by atoms with Crippen molar-refractivity contribution >= 4 is 17.6 Å². The van der Waals surface area contributed by atoms with Crippen molar-refractivity contribution in [3.05, 3.63) is 64.0 Å². The molecule has 1 aliphatic rings. The van der Waals surface area contributed by atoms with Gasteiger partial charge < -0.3 is 4.74 Å². The minimum atomic E-state index is -2.33. The molecular formula is C19H14F5NO3. The molecular weight excluding hydrogens is 385 g/mol. The zero-order valence-corrected chi connectivity index (χ0v) is 14.8. The lowest BCUT2D eigenvalue weighted by atomic mass is 9.98. The highest BCUT2D eigenvalue weighted by atomic mass is 19.2. The van der Waals surface area contributed by atoms with Crippen LogP contribution in [0.3, 0.4) is 0 Å². The van der Waals surface area contributed by atoms with Crippen molar-refractivity contribution in [2.24, 2.45) is 0 Å². The van der Waals surface area contributed by atoms with Crippen molar-refractivity contribution in [3.63, 3.8) is 0 Å². The lowest BCUT2D eigenvalue weighted by Gasteiger charge is -2.26. The van der Waals surface area contributed by atoms with Gasteiger partial charge in [0.1, 0.15) is 5.69 Å². The van der Waals surface area contributed by atoms with Gasteiger partial charge in [0.2, 0.25) is 5.82 Å². The zero-order valence-electron chi connectivity index (χ0n) is 14.8. The number of rotatable bonds is 4. The summed E-state index contributed by atoms with van der Waals surface area (Å²) in [6.07, 6.45) is -0.518. The molecule has 0 spiro atoms. The molecule has 0 N–H and O–H groups in total. The summed E-state index contributed by atoms with van der Waals surface area (Å²) in [4.78, 5) is 25.3. The maximum atomic E-state index is 14.4. The minimum Gasteiger partial charge on any atom is -0.466 e. The third kappa shape index (κ3) is 2.90. The predicted octanol–water partition coefficient (Wildman–Crippen LogP) is 4.35. The topological polar surface area (TPSA) is 46.6 Å². The monoisotopic (exact) mass is 399 g/mol. The van der Waals surface area contributed by atoms with E-state index in [2.05, 4.69) is 0 Å². The van der Waals surface area contributed by atoms with Gasteiger partial charge in [0.25, 0.3) is 5.91 Å². The first-order valence-corrected chi connectivity index (χ1v) is 8.30. The van der Waals surface area contributed by atoms with Crippen molar-refractivity contribution in [2.75, 3.05) is 11.5 Å². The Bertz CT molecular complexity index is 963. The number of anilines is 1. The zero-order chi connectivity index (χ0) is 20.7. The van der Waals surface area contributed by atoms with Gasteiger partial charge >= 0.3 is 5.97 Å². The summed E-state index contributed by atoms with van der Waals surface area (Å²) in [5.74, 6) is -12.7. The fourth-order valence-electron chi connectivity index (χ4n) is 3.30. The number of carbonyl (C=O) groups is 2. The summed E-state index contributed by atoms with van der Waals surface area (Å²) in [7, 11) is 0. The fraction of sp³-hybridized carbons (Fsp3) is 0.263. The Labute approximate surface area is 156 Å². The van der Waals surface area contributed by atoms with Crippen LogP contribution in [-0.2, 0) is 9.53 Å². The Hall–Kier alpha value is -2.97. The van der Waals surface area contributed by atoms with Crippen LogP contribution in [-0.4, -0.2) is 18.5 Å². The quantitative estimate of drug-likeness (QED) is 0.333. The number of esters is 1. The molecule has 0 aromatic heterocycles. The van der Waals surface area contributed by atoms with E-state index in [1.165, 1.54) is 13.0 Å². The fourth-order valence-corrected chi connectivity index (χ4v) is 3.30. The number of carbonyl (C=O) groups excluding carboxylic acids is 2. The average Bonchev–Trinajstić information content (AvgIpc) is 2.92. The number of fused-ring (bicyclic) bond motifs is 1. The van der Waals surface area contributed by atoms with Gasteiger partial charge in [-0.25, -0.2) is 22.0 Å². The molecule has 1 amide bonds. The average molecular weight is 399 g/mol. The highest BCUT2D eigenvalue weighted by molar-refractivity contribution is 6.12. The third-order valence-corrected chi connectivity index (χ3v) is 4.50. The van der Waals surface area contributed by atoms with Crippen molar-refractivity contribution in [3.8, 4) is 0 Å². The van der Waals surface area contributed by atoms with E-state index in [0.717, 1.165) is 0 Å². The molecule has 1 aliphatic heterocycles. The Morgan fingerprint density at radius 1 is 1.04 bits per heavy atom. The van der Waals surface area contributed by atoms with E-state index in [4.69, 9.17) is 4.74 Å². The van der Waals surface area contributed by atoms with Crippen LogP contribution in [0.5, 0.6) is 0 Å². The van der Waals surface area contributed by atoms with E-state index >= 15 is 0 Å². The van der Waals surface area contributed by atoms with Gasteiger partial charge in [0, 0.05) is 5.56 Å². The molecule has 1 unspecified atom stereocenters. The van der Waals surface area contributed by atoms with Gasteiger partial charge in [-0.3, -0.25) is 14.5 Å². The molecule has 2 aromatic rings. The van der Waals surface area contributed by atoms with Crippen molar-refractivity contribution in [1.82, 2.24) is 0 Å². The van der Waals surface area contributed by atoms with Gasteiger partial charge in [0.15, 0.2) is 23.3 Å².